The second kappa shape index (κ2) is 11.4. The van der Waals surface area contributed by atoms with E-state index in [-0.39, 0.29) is 51.4 Å². The Labute approximate surface area is 95.9 Å². The molecule has 0 aromatic heterocycles. The average molecular weight is 161 g/mol. The molecule has 1 N–H and O–H groups in total. The Morgan fingerprint density at radius 2 is 1.25 bits per heavy atom. The first-order valence-electron chi connectivity index (χ1n) is 2.45. The van der Waals surface area contributed by atoms with E-state index in [1.807, 2.05) is 0 Å². The number of rotatable bonds is 0. The summed E-state index contributed by atoms with van der Waals surface area (Å²) in [5, 5.41) is 0. The summed E-state index contributed by atoms with van der Waals surface area (Å²) in [5.74, 6) is 0. The Kier molecular flexibility index (Phi) is 17.5. The van der Waals surface area contributed by atoms with E-state index in [0.717, 1.165) is 0 Å². The van der Waals surface area contributed by atoms with Gasteiger partial charge in [0.2, 0.25) is 0 Å². The van der Waals surface area contributed by atoms with Crippen molar-refractivity contribution < 1.29 is 4.21 Å². The standard InChI is InChI=1S/C4H8.K.H3NOS.H/c1-2-4-3-1;;1-3-2;/h1-4H2;;1H,3H2;. The van der Waals surface area contributed by atoms with E-state index >= 15 is 0 Å². The molecule has 2 nitrogen and oxygen atoms in total. The van der Waals surface area contributed by atoms with Crippen molar-refractivity contribution in [2.75, 3.05) is 0 Å². The van der Waals surface area contributed by atoms with E-state index in [2.05, 4.69) is 0 Å². The number of nitrogens with one attached hydrogen (secondary N) is 1. The molecule has 0 aromatic carbocycles. The zero-order chi connectivity index (χ0) is 5.54. The monoisotopic (exact) mass is 161 g/mol. The Balaban J connectivity index is 0. The van der Waals surface area contributed by atoms with Crippen molar-refractivity contribution in [3.8, 4) is 0 Å². The molecule has 1 rings (SSSR count). The molecule has 0 radical (unpaired) electrons. The predicted molar refractivity (Wildman–Crippen MR) is 39.3 cm³/mol. The van der Waals surface area contributed by atoms with Crippen LogP contribution < -0.4 is 0 Å². The van der Waals surface area contributed by atoms with Crippen molar-refractivity contribution in [1.82, 2.24) is 0 Å². The first kappa shape index (κ1) is 12.3. The van der Waals surface area contributed by atoms with Gasteiger partial charge < -0.3 is 0 Å². The molecule has 1 aliphatic carbocycles. The fraction of sp³-hybridized carbons (Fsp3) is 1.00. The summed E-state index contributed by atoms with van der Waals surface area (Å²) in [6, 6.07) is 0. The maximum atomic E-state index is 8.62. The van der Waals surface area contributed by atoms with Crippen LogP contribution in [0.25, 0.3) is 0 Å². The fourth-order valence-corrected chi connectivity index (χ4v) is 0.250. The Bertz CT molecular complexity index is 64.4. The molecule has 0 aliphatic heterocycles. The van der Waals surface area contributed by atoms with Crippen molar-refractivity contribution in [2.45, 2.75) is 25.7 Å². The van der Waals surface area contributed by atoms with E-state index in [1.165, 1.54) is 25.7 Å². The van der Waals surface area contributed by atoms with Crippen molar-refractivity contribution in [1.29, 1.82) is 4.78 Å². The third kappa shape index (κ3) is 10.5. The molecule has 0 bridgehead atoms. The van der Waals surface area contributed by atoms with Gasteiger partial charge >= 0.3 is 51.4 Å². The quantitative estimate of drug-likeness (QED) is 0.511. The molecular weight excluding hydrogens is 149 g/mol. The van der Waals surface area contributed by atoms with Gasteiger partial charge in [0.1, 0.15) is 0 Å². The third-order valence-corrected chi connectivity index (χ3v) is 1.000. The summed E-state index contributed by atoms with van der Waals surface area (Å²) in [5.41, 5.74) is 0. The number of hydrogen-bond donors (Lipinski definition) is 1. The van der Waals surface area contributed by atoms with E-state index in [0.29, 0.717) is 0 Å². The molecule has 0 spiro atoms. The molecule has 46 valence electrons. The van der Waals surface area contributed by atoms with Gasteiger partial charge in [-0.3, -0.25) is 8.99 Å². The molecule has 0 amide bonds. The number of hydrogen-bond acceptors (Lipinski definition) is 2. The van der Waals surface area contributed by atoms with Gasteiger partial charge in [-0.15, -0.1) is 0 Å². The van der Waals surface area contributed by atoms with E-state index in [9.17, 15) is 0 Å². The second-order valence-corrected chi connectivity index (χ2v) is 1.72. The first-order valence-corrected chi connectivity index (χ1v) is 3.36. The van der Waals surface area contributed by atoms with Crippen LogP contribution in [0.2, 0.25) is 0 Å². The van der Waals surface area contributed by atoms with Crippen LogP contribution in [0.5, 0.6) is 0 Å². The maximum absolute atomic E-state index is 8.62. The molecular formula is C4H12KNOS. The second-order valence-electron chi connectivity index (χ2n) is 1.52. The summed E-state index contributed by atoms with van der Waals surface area (Å²) in [7, 11) is 0. The molecule has 0 saturated heterocycles. The van der Waals surface area contributed by atoms with Crippen LogP contribution in [0.15, 0.2) is 0 Å². The van der Waals surface area contributed by atoms with Gasteiger partial charge in [0.25, 0.3) is 0 Å². The van der Waals surface area contributed by atoms with E-state index < -0.39 is 11.5 Å². The molecule has 1 aliphatic rings. The zero-order valence-electron chi connectivity index (χ0n) is 4.24. The Morgan fingerprint density at radius 1 is 1.12 bits per heavy atom. The average Bonchev–Trinajstić information content (AvgIpc) is 1.27. The summed E-state index contributed by atoms with van der Waals surface area (Å²) in [6.07, 6.45) is 6.00. The Hall–Kier alpha value is 1.59. The molecule has 1 saturated carbocycles. The van der Waals surface area contributed by atoms with Crippen LogP contribution in [-0.2, 0) is 11.5 Å². The zero-order valence-corrected chi connectivity index (χ0v) is 5.24. The minimum absolute atomic E-state index is 0. The van der Waals surface area contributed by atoms with E-state index in [1.54, 1.807) is 0 Å². The summed E-state index contributed by atoms with van der Waals surface area (Å²) in [6.45, 7) is 0. The van der Waals surface area contributed by atoms with Crippen LogP contribution in [-0.4, -0.2) is 55.6 Å². The third-order valence-electron chi connectivity index (χ3n) is 1.000. The molecule has 1 fully saturated rings. The van der Waals surface area contributed by atoms with Crippen LogP contribution in [0.1, 0.15) is 25.7 Å². The molecule has 0 atom stereocenters. The van der Waals surface area contributed by atoms with Crippen LogP contribution in [0, 0.1) is 4.78 Å². The molecule has 0 aromatic rings. The van der Waals surface area contributed by atoms with Crippen LogP contribution in [0.3, 0.4) is 0 Å². The van der Waals surface area contributed by atoms with Gasteiger partial charge in [0, 0.05) is 11.5 Å². The fourth-order valence-electron chi connectivity index (χ4n) is 0.250. The van der Waals surface area contributed by atoms with Crippen LogP contribution in [0.4, 0.5) is 0 Å². The van der Waals surface area contributed by atoms with Gasteiger partial charge in [-0.1, -0.05) is 25.7 Å². The van der Waals surface area contributed by atoms with Gasteiger partial charge in [0.15, 0.2) is 0 Å². The van der Waals surface area contributed by atoms with E-state index in [4.69, 9.17) is 8.99 Å². The molecule has 0 heterocycles. The predicted octanol–water partition coefficient (Wildman–Crippen LogP) is 0.338. The summed E-state index contributed by atoms with van der Waals surface area (Å²) >= 11 is -0.917. The van der Waals surface area contributed by atoms with Crippen molar-refractivity contribution in [3.05, 3.63) is 0 Å². The van der Waals surface area contributed by atoms with Crippen molar-refractivity contribution >= 4 is 62.8 Å². The first-order chi connectivity index (χ1) is 3.41. The normalized spacial score (nSPS) is 15.5. The van der Waals surface area contributed by atoms with Crippen molar-refractivity contribution in [2.24, 2.45) is 0 Å². The summed E-state index contributed by atoms with van der Waals surface area (Å²) in [4.78, 5) is 0. The van der Waals surface area contributed by atoms with Gasteiger partial charge in [-0.2, -0.15) is 0 Å². The minimum atomic E-state index is -0.917. The molecule has 0 unspecified atom stereocenters. The van der Waals surface area contributed by atoms with Crippen LogP contribution >= 0.6 is 0 Å². The van der Waals surface area contributed by atoms with Gasteiger partial charge in [-0.25, -0.2) is 0 Å². The molecule has 8 heavy (non-hydrogen) atoms. The SMILES string of the molecule is C1CCC1.N=[SH2]=O.[KH]. The Morgan fingerprint density at radius 3 is 1.25 bits per heavy atom. The van der Waals surface area contributed by atoms with Gasteiger partial charge in [-0.05, 0) is 0 Å². The molecule has 4 heteroatoms. The van der Waals surface area contributed by atoms with Gasteiger partial charge in [0.05, 0.1) is 0 Å². The topological polar surface area (TPSA) is 40.9 Å². The summed E-state index contributed by atoms with van der Waals surface area (Å²) < 4.78 is 14.3. The van der Waals surface area contributed by atoms with Crippen molar-refractivity contribution in [3.63, 3.8) is 0 Å².